The first-order valence-electron chi connectivity index (χ1n) is 21.6. The molecule has 0 saturated carbocycles. The number of carbonyl (C=O) groups excluding carboxylic acids is 1. The van der Waals surface area contributed by atoms with E-state index in [4.69, 9.17) is 23.1 Å². The van der Waals surface area contributed by atoms with Crippen LogP contribution in [0.3, 0.4) is 0 Å². The number of benzene rings is 4. The van der Waals surface area contributed by atoms with Gasteiger partial charge in [-0.2, -0.15) is 0 Å². The Kier molecular flexibility index (Phi) is 19.7. The van der Waals surface area contributed by atoms with Gasteiger partial charge in [0.15, 0.2) is 14.4 Å². The van der Waals surface area contributed by atoms with Crippen molar-refractivity contribution >= 4 is 33.0 Å². The average Bonchev–Trinajstić information content (AvgIpc) is 3.27. The van der Waals surface area contributed by atoms with E-state index in [2.05, 4.69) is 102 Å². The van der Waals surface area contributed by atoms with Crippen molar-refractivity contribution in [3.63, 3.8) is 0 Å². The molecule has 4 aromatic rings. The third-order valence-electron chi connectivity index (χ3n) is 11.8. The Bertz CT molecular complexity index is 1690. The second-order valence-corrected chi connectivity index (χ2v) is 25.6. The van der Waals surface area contributed by atoms with Gasteiger partial charge in [-0.05, 0) is 57.5 Å². The summed E-state index contributed by atoms with van der Waals surface area (Å²) in [6, 6.07) is 43.8. The number of methoxy groups -OCH3 is 1. The summed E-state index contributed by atoms with van der Waals surface area (Å²) in [5, 5.41) is 25.3. The van der Waals surface area contributed by atoms with E-state index in [0.29, 0.717) is 13.0 Å². The maximum atomic E-state index is 12.7. The third-order valence-corrected chi connectivity index (χ3v) is 21.5. The topological polar surface area (TPSA) is 104 Å². The molecule has 2 N–H and O–H groups in total. The fourth-order valence-electron chi connectivity index (χ4n) is 8.17. The summed E-state index contributed by atoms with van der Waals surface area (Å²) in [7, 11) is -3.68. The van der Waals surface area contributed by atoms with Crippen LogP contribution in [0, 0.1) is 0 Å². The molecule has 0 radical (unpaired) electrons. The highest BCUT2D eigenvalue weighted by Crippen LogP contribution is 2.37. The first-order valence-corrected chi connectivity index (χ1v) is 26.1. The van der Waals surface area contributed by atoms with Crippen LogP contribution >= 0.6 is 0 Å². The van der Waals surface area contributed by atoms with E-state index < -0.39 is 53.1 Å². The average molecular weight is 843 g/mol. The van der Waals surface area contributed by atoms with Gasteiger partial charge >= 0.3 is 5.97 Å². The predicted molar refractivity (Wildman–Crippen MR) is 243 cm³/mol. The maximum absolute atomic E-state index is 12.7. The van der Waals surface area contributed by atoms with Crippen molar-refractivity contribution in [2.75, 3.05) is 13.7 Å². The van der Waals surface area contributed by atoms with E-state index >= 15 is 0 Å². The molecular formula is C49H70O8Si2. The van der Waals surface area contributed by atoms with Crippen molar-refractivity contribution in [3.05, 3.63) is 132 Å². The molecule has 322 valence electrons. The second-order valence-electron chi connectivity index (χ2n) is 16.6. The molecular weight excluding hydrogens is 773 g/mol. The Morgan fingerprint density at radius 2 is 1.07 bits per heavy atom. The van der Waals surface area contributed by atoms with Crippen LogP contribution in [0.5, 0.6) is 0 Å². The van der Waals surface area contributed by atoms with Crippen LogP contribution in [-0.2, 0) is 41.1 Å². The van der Waals surface area contributed by atoms with Gasteiger partial charge in [0.2, 0.25) is 0 Å². The minimum Gasteiger partial charge on any atom is -0.467 e. The summed E-state index contributed by atoms with van der Waals surface area (Å²) in [6.45, 7) is 14.5. The Labute approximate surface area is 356 Å². The highest BCUT2D eigenvalue weighted by atomic mass is 28.4. The van der Waals surface area contributed by atoms with Gasteiger partial charge in [0.25, 0.3) is 8.32 Å². The van der Waals surface area contributed by atoms with Crippen molar-refractivity contribution in [1.29, 1.82) is 0 Å². The molecule has 0 aliphatic rings. The van der Waals surface area contributed by atoms with Crippen LogP contribution in [0.25, 0.3) is 0 Å². The quantitative estimate of drug-likeness (QED) is 0.0367. The van der Waals surface area contributed by atoms with Crippen molar-refractivity contribution < 1.29 is 38.1 Å². The molecule has 4 aromatic carbocycles. The fraction of sp³-hybridized carbons (Fsp3) is 0.490. The molecule has 0 saturated heterocycles. The second kappa shape index (κ2) is 24.1. The zero-order valence-electron chi connectivity index (χ0n) is 36.6. The number of esters is 1. The van der Waals surface area contributed by atoms with Gasteiger partial charge in [0.05, 0.1) is 26.4 Å². The number of ether oxygens (including phenoxy) is 3. The van der Waals surface area contributed by atoms with Crippen LogP contribution in [0.4, 0.5) is 0 Å². The summed E-state index contributed by atoms with van der Waals surface area (Å²) in [6.07, 6.45) is -1.57. The third kappa shape index (κ3) is 13.3. The smallest absolute Gasteiger partial charge is 0.337 e. The number of hydrogen-bond acceptors (Lipinski definition) is 8. The minimum absolute atomic E-state index is 0.0889. The lowest BCUT2D eigenvalue weighted by Gasteiger charge is -2.43. The minimum atomic E-state index is -2.63. The van der Waals surface area contributed by atoms with E-state index in [1.807, 2.05) is 60.7 Å². The number of unbranched alkanes of at least 4 members (excludes halogenated alkanes) is 3. The maximum Gasteiger partial charge on any atom is 0.337 e. The van der Waals surface area contributed by atoms with Crippen molar-refractivity contribution in [2.45, 2.75) is 141 Å². The Hall–Kier alpha value is -3.46. The highest BCUT2D eigenvalue weighted by Gasteiger charge is 2.50. The molecule has 5 atom stereocenters. The normalized spacial score (nSPS) is 14.9. The van der Waals surface area contributed by atoms with E-state index in [-0.39, 0.29) is 18.3 Å². The number of carbonyl (C=O) groups is 1. The zero-order valence-corrected chi connectivity index (χ0v) is 38.6. The first-order chi connectivity index (χ1) is 28.4. The van der Waals surface area contributed by atoms with Crippen molar-refractivity contribution in [2.24, 2.45) is 0 Å². The zero-order chi connectivity index (χ0) is 42.7. The molecule has 4 rings (SSSR count). The molecule has 0 aliphatic carbocycles. The van der Waals surface area contributed by atoms with Gasteiger partial charge in [-0.3, -0.25) is 0 Å². The standard InChI is InChI=1S/C49H70O8Si2/c1-8-58(9-2,10-3)57-43(35-25-11-12-26-36-56-59(49(4,5)6,41-31-21-15-22-32-41)42-33-23-16-24-34-42)46(54-37-39-27-17-13-18-28-39)47(44(50)45(51)48(52)53-7)55-38-40-29-19-14-20-30-40/h13-24,27-34,43-47,50-51H,8-12,25-26,35-38H2,1-7H3/t43-,44+,45+,46+,47+/m1/s1. The van der Waals surface area contributed by atoms with Crippen LogP contribution in [0.1, 0.15) is 84.8 Å². The summed E-state index contributed by atoms with van der Waals surface area (Å²) in [5.41, 5.74) is 1.84. The number of hydrogen-bond donors (Lipinski definition) is 2. The summed E-state index contributed by atoms with van der Waals surface area (Å²) in [4.78, 5) is 12.7. The molecule has 10 heteroatoms. The van der Waals surface area contributed by atoms with Gasteiger partial charge < -0.3 is 33.3 Å². The van der Waals surface area contributed by atoms with Crippen LogP contribution in [0.15, 0.2) is 121 Å². The van der Waals surface area contributed by atoms with Gasteiger partial charge in [0.1, 0.15) is 18.3 Å². The summed E-state index contributed by atoms with van der Waals surface area (Å²) < 4.78 is 32.7. The predicted octanol–water partition coefficient (Wildman–Crippen LogP) is 8.97. The van der Waals surface area contributed by atoms with E-state index in [0.717, 1.165) is 54.9 Å². The summed E-state index contributed by atoms with van der Waals surface area (Å²) in [5.74, 6) is -0.940. The lowest BCUT2D eigenvalue weighted by molar-refractivity contribution is -0.192. The van der Waals surface area contributed by atoms with E-state index in [1.165, 1.54) is 17.5 Å². The Morgan fingerprint density at radius 3 is 1.51 bits per heavy atom. The molecule has 0 aliphatic heterocycles. The van der Waals surface area contributed by atoms with E-state index in [1.54, 1.807) is 0 Å². The SMILES string of the molecule is CC[Si](CC)(CC)O[C@H](CCCCCCO[Si](c1ccccc1)(c1ccccc1)C(C)(C)C)[C@H](OCc1ccccc1)[C@@H](OCc1ccccc1)[C@@H](O)[C@H](O)C(=O)OC. The number of aliphatic hydroxyl groups is 2. The summed E-state index contributed by atoms with van der Waals surface area (Å²) >= 11 is 0. The number of aliphatic hydroxyl groups excluding tert-OH is 2. The Balaban J connectivity index is 1.59. The molecule has 59 heavy (non-hydrogen) atoms. The first kappa shape index (κ1) is 48.2. The van der Waals surface area contributed by atoms with Crippen LogP contribution < -0.4 is 10.4 Å². The molecule has 0 aromatic heterocycles. The lowest BCUT2D eigenvalue weighted by Crippen LogP contribution is -2.66. The van der Waals surface area contributed by atoms with E-state index in [9.17, 15) is 15.0 Å². The van der Waals surface area contributed by atoms with Gasteiger partial charge in [0, 0.05) is 6.61 Å². The Morgan fingerprint density at radius 1 is 0.627 bits per heavy atom. The molecule has 0 heterocycles. The number of rotatable bonds is 26. The molecule has 0 unspecified atom stereocenters. The fourth-order valence-corrected chi connectivity index (χ4v) is 15.7. The molecule has 0 bridgehead atoms. The monoisotopic (exact) mass is 842 g/mol. The largest absolute Gasteiger partial charge is 0.467 e. The molecule has 8 nitrogen and oxygen atoms in total. The molecule has 0 amide bonds. The van der Waals surface area contributed by atoms with Gasteiger partial charge in [-0.15, -0.1) is 0 Å². The van der Waals surface area contributed by atoms with Gasteiger partial charge in [-0.1, -0.05) is 182 Å². The molecule has 0 fully saturated rings. The van der Waals surface area contributed by atoms with Gasteiger partial charge in [-0.25, -0.2) is 4.79 Å². The van der Waals surface area contributed by atoms with Crippen LogP contribution in [0.2, 0.25) is 23.2 Å². The lowest BCUT2D eigenvalue weighted by atomic mass is 9.95. The van der Waals surface area contributed by atoms with Crippen LogP contribution in [-0.4, -0.2) is 77.1 Å². The molecule has 0 spiro atoms. The van der Waals surface area contributed by atoms with Crippen molar-refractivity contribution in [1.82, 2.24) is 0 Å². The highest BCUT2D eigenvalue weighted by molar-refractivity contribution is 6.99. The van der Waals surface area contributed by atoms with Crippen molar-refractivity contribution in [3.8, 4) is 0 Å².